The molecular formula is C18H15Cl3N2O3. The van der Waals surface area contributed by atoms with Crippen molar-refractivity contribution in [1.29, 1.82) is 0 Å². The second-order valence-corrected chi connectivity index (χ2v) is 6.84. The van der Waals surface area contributed by atoms with E-state index in [0.29, 0.717) is 37.8 Å². The van der Waals surface area contributed by atoms with Crippen molar-refractivity contribution in [3.63, 3.8) is 0 Å². The Hall–Kier alpha value is -1.95. The molecule has 0 bridgehead atoms. The number of halogens is 3. The Morgan fingerprint density at radius 1 is 1.35 bits per heavy atom. The van der Waals surface area contributed by atoms with E-state index in [1.165, 1.54) is 11.7 Å². The number of aromatic hydroxyl groups is 1. The smallest absolute Gasteiger partial charge is 0.325 e. The van der Waals surface area contributed by atoms with Crippen LogP contribution in [0.25, 0.3) is 22.0 Å². The van der Waals surface area contributed by atoms with E-state index < -0.39 is 5.97 Å². The average Bonchev–Trinajstić information content (AvgIpc) is 2.89. The van der Waals surface area contributed by atoms with Crippen LogP contribution >= 0.6 is 34.8 Å². The minimum atomic E-state index is -0.485. The predicted molar refractivity (Wildman–Crippen MR) is 103 cm³/mol. The summed E-state index contributed by atoms with van der Waals surface area (Å²) in [5, 5.41) is 12.1. The monoisotopic (exact) mass is 412 g/mol. The topological polar surface area (TPSA) is 64.4 Å². The number of aryl methyl sites for hydroxylation is 1. The predicted octanol–water partition coefficient (Wildman–Crippen LogP) is 4.94. The molecule has 0 aliphatic heterocycles. The molecule has 0 saturated heterocycles. The normalized spacial score (nSPS) is 11.1. The molecule has 136 valence electrons. The highest BCUT2D eigenvalue weighted by Gasteiger charge is 2.22. The minimum Gasteiger partial charge on any atom is -0.494 e. The number of rotatable bonds is 4. The highest BCUT2D eigenvalue weighted by Crippen LogP contribution is 2.42. The largest absolute Gasteiger partial charge is 0.494 e. The average molecular weight is 414 g/mol. The number of pyridine rings is 1. The lowest BCUT2D eigenvalue weighted by molar-refractivity contribution is -0.141. The Kier molecular flexibility index (Phi) is 5.32. The van der Waals surface area contributed by atoms with Gasteiger partial charge in [-0.15, -0.1) is 11.6 Å². The molecule has 0 unspecified atom stereocenters. The number of hydrogen-bond acceptors (Lipinski definition) is 4. The molecule has 0 radical (unpaired) electrons. The molecule has 0 fully saturated rings. The molecule has 8 heteroatoms. The lowest BCUT2D eigenvalue weighted by Crippen LogP contribution is -2.10. The number of aromatic nitrogens is 2. The van der Waals surface area contributed by atoms with Crippen molar-refractivity contribution < 1.29 is 14.6 Å². The number of alkyl halides is 1. The first kappa shape index (κ1) is 18.8. The molecule has 1 N–H and O–H groups in total. The van der Waals surface area contributed by atoms with Crippen molar-refractivity contribution in [2.24, 2.45) is 0 Å². The van der Waals surface area contributed by atoms with E-state index in [1.54, 1.807) is 24.4 Å². The van der Waals surface area contributed by atoms with Crippen molar-refractivity contribution >= 4 is 51.7 Å². The summed E-state index contributed by atoms with van der Waals surface area (Å²) < 4.78 is 6.06. The molecule has 3 aromatic rings. The molecule has 0 aliphatic rings. The zero-order valence-corrected chi connectivity index (χ0v) is 16.3. The van der Waals surface area contributed by atoms with E-state index in [4.69, 9.17) is 34.8 Å². The van der Waals surface area contributed by atoms with Gasteiger partial charge in [-0.05, 0) is 24.6 Å². The van der Waals surface area contributed by atoms with Gasteiger partial charge in [-0.2, -0.15) is 0 Å². The molecule has 3 rings (SSSR count). The van der Waals surface area contributed by atoms with Crippen molar-refractivity contribution in [2.75, 3.05) is 7.11 Å². The molecule has 0 spiro atoms. The number of benzene rings is 1. The minimum absolute atomic E-state index is 0.106. The van der Waals surface area contributed by atoms with Gasteiger partial charge in [0.2, 0.25) is 5.88 Å². The molecule has 5 nitrogen and oxygen atoms in total. The summed E-state index contributed by atoms with van der Waals surface area (Å²) in [5.74, 6) is -0.406. The Labute approximate surface area is 165 Å². The second-order valence-electron chi connectivity index (χ2n) is 5.73. The van der Waals surface area contributed by atoms with E-state index in [9.17, 15) is 9.90 Å². The SMILES string of the molecule is COC(=O)Cn1cc2nc(C)c(CCl)c(-c3ccc(Cl)cc3Cl)c2c1O. The first-order valence-electron chi connectivity index (χ1n) is 7.66. The van der Waals surface area contributed by atoms with Crippen LogP contribution in [-0.4, -0.2) is 27.7 Å². The molecule has 0 saturated carbocycles. The standard InChI is InChI=1S/C18H15Cl3N2O3/c1-9-12(6-19)16(11-4-3-10(20)5-13(11)21)17-14(22-9)7-23(18(17)25)8-15(24)26-2/h3-5,7,25H,6,8H2,1-2H3. The fourth-order valence-electron chi connectivity index (χ4n) is 2.91. The van der Waals surface area contributed by atoms with Gasteiger partial charge in [-0.1, -0.05) is 29.3 Å². The van der Waals surface area contributed by atoms with Crippen LogP contribution in [0.4, 0.5) is 0 Å². The first-order chi connectivity index (χ1) is 12.4. The number of nitrogens with zero attached hydrogens (tertiary/aromatic N) is 2. The van der Waals surface area contributed by atoms with Gasteiger partial charge in [0, 0.05) is 38.9 Å². The van der Waals surface area contributed by atoms with Gasteiger partial charge in [0.25, 0.3) is 0 Å². The van der Waals surface area contributed by atoms with Gasteiger partial charge < -0.3 is 14.4 Å². The van der Waals surface area contributed by atoms with E-state index in [2.05, 4.69) is 9.72 Å². The Morgan fingerprint density at radius 3 is 2.69 bits per heavy atom. The Bertz CT molecular complexity index is 1010. The summed E-state index contributed by atoms with van der Waals surface area (Å²) in [5.41, 5.74) is 3.33. The van der Waals surface area contributed by atoms with Crippen LogP contribution in [-0.2, 0) is 22.0 Å². The van der Waals surface area contributed by atoms with Crippen molar-refractivity contribution in [3.8, 4) is 17.0 Å². The van der Waals surface area contributed by atoms with Gasteiger partial charge >= 0.3 is 5.97 Å². The molecule has 2 heterocycles. The lowest BCUT2D eigenvalue weighted by Gasteiger charge is -2.14. The van der Waals surface area contributed by atoms with Crippen LogP contribution in [0.15, 0.2) is 24.4 Å². The van der Waals surface area contributed by atoms with Gasteiger partial charge in [0.1, 0.15) is 6.54 Å². The third-order valence-electron chi connectivity index (χ3n) is 4.17. The lowest BCUT2D eigenvalue weighted by atomic mass is 9.96. The van der Waals surface area contributed by atoms with Crippen LogP contribution < -0.4 is 0 Å². The van der Waals surface area contributed by atoms with Crippen LogP contribution in [0.5, 0.6) is 5.88 Å². The number of ether oxygens (including phenoxy) is 1. The summed E-state index contributed by atoms with van der Waals surface area (Å²) in [7, 11) is 1.29. The summed E-state index contributed by atoms with van der Waals surface area (Å²) in [6.07, 6.45) is 1.60. The van der Waals surface area contributed by atoms with Crippen molar-refractivity contribution in [1.82, 2.24) is 9.55 Å². The summed E-state index contributed by atoms with van der Waals surface area (Å²) in [6.45, 7) is 1.70. The number of esters is 1. The fourth-order valence-corrected chi connectivity index (χ4v) is 3.74. The third-order valence-corrected chi connectivity index (χ3v) is 4.98. The van der Waals surface area contributed by atoms with Crippen LogP contribution in [0.1, 0.15) is 11.3 Å². The maximum absolute atomic E-state index is 11.6. The van der Waals surface area contributed by atoms with E-state index in [1.807, 2.05) is 6.92 Å². The van der Waals surface area contributed by atoms with Crippen LogP contribution in [0, 0.1) is 6.92 Å². The molecule has 0 atom stereocenters. The second kappa shape index (κ2) is 7.35. The highest BCUT2D eigenvalue weighted by molar-refractivity contribution is 6.37. The van der Waals surface area contributed by atoms with Crippen molar-refractivity contribution in [2.45, 2.75) is 19.3 Å². The summed E-state index contributed by atoms with van der Waals surface area (Å²) in [4.78, 5) is 16.1. The number of carbonyl (C=O) groups excluding carboxylic acids is 1. The quantitative estimate of drug-likeness (QED) is 0.486. The molecule has 0 aliphatic carbocycles. The van der Waals surface area contributed by atoms with E-state index in [-0.39, 0.29) is 18.3 Å². The summed E-state index contributed by atoms with van der Waals surface area (Å²) >= 11 is 18.6. The third kappa shape index (κ3) is 3.22. The Balaban J connectivity index is 2.36. The van der Waals surface area contributed by atoms with Gasteiger partial charge in [0.15, 0.2) is 0 Å². The van der Waals surface area contributed by atoms with Crippen molar-refractivity contribution in [3.05, 3.63) is 45.7 Å². The zero-order valence-electron chi connectivity index (χ0n) is 14.0. The molecule has 2 aromatic heterocycles. The molecular weight excluding hydrogens is 399 g/mol. The number of fused-ring (bicyclic) bond motifs is 1. The van der Waals surface area contributed by atoms with E-state index >= 15 is 0 Å². The first-order valence-corrected chi connectivity index (χ1v) is 8.95. The number of hydrogen-bond donors (Lipinski definition) is 1. The van der Waals surface area contributed by atoms with Crippen LogP contribution in [0.2, 0.25) is 10.0 Å². The number of methoxy groups -OCH3 is 1. The van der Waals surface area contributed by atoms with Crippen LogP contribution in [0.3, 0.4) is 0 Å². The molecule has 0 amide bonds. The van der Waals surface area contributed by atoms with Gasteiger partial charge in [0.05, 0.1) is 18.0 Å². The molecule has 1 aromatic carbocycles. The maximum Gasteiger partial charge on any atom is 0.325 e. The molecule has 26 heavy (non-hydrogen) atoms. The zero-order chi connectivity index (χ0) is 19.0. The maximum atomic E-state index is 11.6. The van der Waals surface area contributed by atoms with Gasteiger partial charge in [-0.25, -0.2) is 0 Å². The summed E-state index contributed by atoms with van der Waals surface area (Å²) in [6, 6.07) is 5.11. The fraction of sp³-hybridized carbons (Fsp3) is 0.222. The van der Waals surface area contributed by atoms with Gasteiger partial charge in [-0.3, -0.25) is 9.78 Å². The van der Waals surface area contributed by atoms with E-state index in [0.717, 1.165) is 5.56 Å². The number of carbonyl (C=O) groups is 1. The Morgan fingerprint density at radius 2 is 2.08 bits per heavy atom. The highest BCUT2D eigenvalue weighted by atomic mass is 35.5.